The van der Waals surface area contributed by atoms with E-state index >= 15 is 0 Å². The third-order valence-corrected chi connectivity index (χ3v) is 17.1. The van der Waals surface area contributed by atoms with E-state index < -0.39 is 115 Å². The summed E-state index contributed by atoms with van der Waals surface area (Å²) in [7, 11) is 0. The SMILES string of the molecule is CC(=O)NC1C(O)CC(OCCCSCCNC(=O)c2ccc(C(=O)NCCSCCCOC3(C(=O)O)CC(O)CC(C(O)C(O)CNC(=O)c4ccc(-c5ccccc5)cc4)O3)cc2)(C(=O)O)O[C@H]1C(O)C(O)CNC(=O)c1ccc(-c2ccccc2)cc1. The van der Waals surface area contributed by atoms with Gasteiger partial charge < -0.3 is 86.4 Å². The molecule has 2 aliphatic heterocycles. The van der Waals surface area contributed by atoms with Gasteiger partial charge in [-0.15, -0.1) is 0 Å². The lowest BCUT2D eigenvalue weighted by atomic mass is 9.88. The summed E-state index contributed by atoms with van der Waals surface area (Å²) in [6.45, 7) is 0.550. The molecule has 2 aliphatic rings. The number of carboxylic acid groups (broad SMARTS) is 2. The molecule has 26 heteroatoms. The summed E-state index contributed by atoms with van der Waals surface area (Å²) in [5, 5.41) is 99.5. The topological polar surface area (TPSA) is 378 Å². The number of carbonyl (C=O) groups excluding carboxylic acids is 5. The summed E-state index contributed by atoms with van der Waals surface area (Å²) < 4.78 is 23.0. The number of aliphatic carboxylic acids is 2. The van der Waals surface area contributed by atoms with E-state index in [9.17, 15) is 74.4 Å². The van der Waals surface area contributed by atoms with Crippen molar-refractivity contribution in [2.24, 2.45) is 0 Å². The molecule has 484 valence electrons. The highest BCUT2D eigenvalue weighted by atomic mass is 32.2. The normalized spacial score (nSPS) is 22.0. The van der Waals surface area contributed by atoms with Crippen molar-refractivity contribution in [1.29, 1.82) is 0 Å². The lowest BCUT2D eigenvalue weighted by molar-refractivity contribution is -0.310. The van der Waals surface area contributed by atoms with E-state index in [0.717, 1.165) is 29.2 Å². The summed E-state index contributed by atoms with van der Waals surface area (Å²) in [6, 6.07) is 37.3. The van der Waals surface area contributed by atoms with Gasteiger partial charge in [0, 0.05) is 86.1 Å². The van der Waals surface area contributed by atoms with Crippen LogP contribution in [0.3, 0.4) is 0 Å². The number of benzene rings is 5. The summed E-state index contributed by atoms with van der Waals surface area (Å²) in [4.78, 5) is 88.9. The number of hydrogen-bond donors (Lipinski definition) is 13. The van der Waals surface area contributed by atoms with Gasteiger partial charge in [-0.25, -0.2) is 9.59 Å². The Morgan fingerprint density at radius 3 is 1.33 bits per heavy atom. The number of carbonyl (C=O) groups is 7. The molecule has 2 heterocycles. The molecule has 2 saturated heterocycles. The number of amides is 5. The van der Waals surface area contributed by atoms with Gasteiger partial charge in [0.1, 0.15) is 18.3 Å². The Morgan fingerprint density at radius 2 is 0.911 bits per heavy atom. The number of rotatable bonds is 33. The van der Waals surface area contributed by atoms with Crippen molar-refractivity contribution in [1.82, 2.24) is 26.6 Å². The molecule has 0 spiro atoms. The molecule has 13 N–H and O–H groups in total. The zero-order valence-electron chi connectivity index (χ0n) is 49.4. The van der Waals surface area contributed by atoms with Crippen molar-refractivity contribution >= 4 is 65.0 Å². The van der Waals surface area contributed by atoms with Crippen molar-refractivity contribution < 1.29 is 93.4 Å². The molecule has 0 saturated carbocycles. The highest BCUT2D eigenvalue weighted by Gasteiger charge is 2.56. The van der Waals surface area contributed by atoms with Crippen molar-refractivity contribution in [3.8, 4) is 22.3 Å². The number of aliphatic hydroxyl groups is 6. The fourth-order valence-electron chi connectivity index (χ4n) is 10.1. The van der Waals surface area contributed by atoms with Crippen LogP contribution < -0.4 is 26.6 Å². The van der Waals surface area contributed by atoms with Crippen LogP contribution in [0.4, 0.5) is 0 Å². The number of ether oxygens (including phenoxy) is 4. The Labute approximate surface area is 528 Å². The predicted molar refractivity (Wildman–Crippen MR) is 333 cm³/mol. The fourth-order valence-corrected chi connectivity index (χ4v) is 11.6. The number of carboxylic acids is 2. The van der Waals surface area contributed by atoms with Crippen molar-refractivity contribution in [2.45, 2.75) is 105 Å². The maximum absolute atomic E-state index is 13.0. The third kappa shape index (κ3) is 19.8. The average molecular weight is 1280 g/mol. The van der Waals surface area contributed by atoms with Gasteiger partial charge in [0.15, 0.2) is 0 Å². The summed E-state index contributed by atoms with van der Waals surface area (Å²) in [6.07, 6.45) is -13.4. The van der Waals surface area contributed by atoms with Gasteiger partial charge in [-0.1, -0.05) is 84.9 Å². The van der Waals surface area contributed by atoms with Crippen LogP contribution in [0.15, 0.2) is 133 Å². The fraction of sp³-hybridized carbons (Fsp3) is 0.422. The van der Waals surface area contributed by atoms with E-state index in [-0.39, 0.29) is 56.6 Å². The van der Waals surface area contributed by atoms with E-state index in [4.69, 9.17) is 18.9 Å². The molecule has 5 amide bonds. The Hall–Kier alpha value is -7.31. The smallest absolute Gasteiger partial charge is 0.364 e. The van der Waals surface area contributed by atoms with Gasteiger partial charge in [0.25, 0.3) is 35.2 Å². The maximum Gasteiger partial charge on any atom is 0.364 e. The zero-order chi connectivity index (χ0) is 64.8. The lowest BCUT2D eigenvalue weighted by Gasteiger charge is -2.46. The first-order valence-electron chi connectivity index (χ1n) is 29.3. The van der Waals surface area contributed by atoms with E-state index in [1.165, 1.54) is 47.8 Å². The van der Waals surface area contributed by atoms with Gasteiger partial charge >= 0.3 is 11.9 Å². The first-order valence-corrected chi connectivity index (χ1v) is 31.6. The minimum atomic E-state index is -2.48. The first kappa shape index (κ1) is 70.2. The molecule has 5 aromatic carbocycles. The maximum atomic E-state index is 13.0. The largest absolute Gasteiger partial charge is 0.477 e. The number of nitrogens with one attached hydrogen (secondary N) is 5. The van der Waals surface area contributed by atoms with Crippen LogP contribution in [0, 0.1) is 0 Å². The van der Waals surface area contributed by atoms with Crippen LogP contribution in [0.1, 0.15) is 80.5 Å². The van der Waals surface area contributed by atoms with E-state index in [2.05, 4.69) is 26.6 Å². The van der Waals surface area contributed by atoms with Gasteiger partial charge in [-0.05, 0) is 95.1 Å². The molecule has 5 aromatic rings. The van der Waals surface area contributed by atoms with Gasteiger partial charge in [0.05, 0.1) is 49.8 Å². The van der Waals surface area contributed by atoms with Crippen LogP contribution in [-0.4, -0.2) is 211 Å². The Kier molecular flexibility index (Phi) is 26.7. The number of aliphatic hydroxyl groups excluding tert-OH is 6. The second kappa shape index (κ2) is 34.2. The molecular weight excluding hydrogens is 1210 g/mol. The quantitative estimate of drug-likeness (QED) is 0.0269. The molecule has 0 aromatic heterocycles. The lowest BCUT2D eigenvalue weighted by Crippen LogP contribution is -2.68. The average Bonchev–Trinajstić information content (AvgIpc) is 0.842. The highest BCUT2D eigenvalue weighted by Crippen LogP contribution is 2.35. The summed E-state index contributed by atoms with van der Waals surface area (Å²) in [5.74, 6) is -8.46. The van der Waals surface area contributed by atoms with Crippen LogP contribution in [0.5, 0.6) is 0 Å². The van der Waals surface area contributed by atoms with Crippen LogP contribution >= 0.6 is 23.5 Å². The Morgan fingerprint density at radius 1 is 0.522 bits per heavy atom. The second-order valence-corrected chi connectivity index (χ2v) is 24.0. The van der Waals surface area contributed by atoms with Crippen molar-refractivity contribution in [3.05, 3.63) is 156 Å². The molecular formula is C64H77N5O19S2. The second-order valence-electron chi connectivity index (χ2n) is 21.6. The monoisotopic (exact) mass is 1280 g/mol. The van der Waals surface area contributed by atoms with E-state index in [1.54, 1.807) is 48.5 Å². The standard InChI is InChI=1S/C64H77N5O19S2/c1-39(70)69-53-49(72)36-64(62(83)84,88-56(53)55(76)51(74)38-68-60(80)47-20-16-43(17-21-47)41-12-6-3-7-13-41)86-29-9-31-90-33-27-66-58(78)45-24-22-44(23-25-45)57(77)65-26-32-89-30-8-28-85-63(61(81)82)35-48(71)34-52(87-63)54(75)50(73)37-67-59(79)46-18-14-42(15-19-46)40-10-4-2-5-11-40/h2-7,10-25,48-56,71-76H,8-9,26-38H2,1H3,(H,65,77)(H,66,78)(H,67,79)(H,68,80)(H,69,70)(H,81,82)(H,83,84)/t48?,49?,50?,51?,52?,53?,54?,55?,56-,63?,64?/m1/s1. The molecule has 11 atom stereocenters. The van der Waals surface area contributed by atoms with E-state index in [1.807, 2.05) is 60.7 Å². The van der Waals surface area contributed by atoms with Gasteiger partial charge in [-0.3, -0.25) is 24.0 Å². The highest BCUT2D eigenvalue weighted by molar-refractivity contribution is 7.99. The molecule has 0 bridgehead atoms. The predicted octanol–water partition coefficient (Wildman–Crippen LogP) is 2.82. The Balaban J connectivity index is 0.750. The van der Waals surface area contributed by atoms with E-state index in [0.29, 0.717) is 52.5 Å². The first-order chi connectivity index (χ1) is 43.2. The molecule has 0 aliphatic carbocycles. The van der Waals surface area contributed by atoms with Crippen LogP contribution in [0.25, 0.3) is 22.3 Å². The minimum absolute atomic E-state index is 0.0917. The van der Waals surface area contributed by atoms with Crippen molar-refractivity contribution in [3.63, 3.8) is 0 Å². The van der Waals surface area contributed by atoms with Crippen LogP contribution in [0.2, 0.25) is 0 Å². The number of thioether (sulfide) groups is 2. The minimum Gasteiger partial charge on any atom is -0.477 e. The molecule has 0 radical (unpaired) electrons. The molecule has 10 unspecified atom stereocenters. The molecule has 24 nitrogen and oxygen atoms in total. The Bertz CT molecular complexity index is 3160. The van der Waals surface area contributed by atoms with Gasteiger partial charge in [0.2, 0.25) is 5.91 Å². The zero-order valence-corrected chi connectivity index (χ0v) is 51.0. The summed E-state index contributed by atoms with van der Waals surface area (Å²) >= 11 is 2.89. The van der Waals surface area contributed by atoms with Gasteiger partial charge in [-0.2, -0.15) is 23.5 Å². The van der Waals surface area contributed by atoms with Crippen LogP contribution in [-0.2, 0) is 33.3 Å². The van der Waals surface area contributed by atoms with Crippen molar-refractivity contribution in [2.75, 3.05) is 62.4 Å². The molecule has 7 rings (SSSR count). The summed E-state index contributed by atoms with van der Waals surface area (Å²) in [5.41, 5.74) is 4.93. The molecule has 90 heavy (non-hydrogen) atoms. The third-order valence-electron chi connectivity index (χ3n) is 14.9. The number of hydrogen-bond acceptors (Lipinski definition) is 19. The molecule has 2 fully saturated rings.